The van der Waals surface area contributed by atoms with Crippen molar-refractivity contribution in [1.82, 2.24) is 4.98 Å². The first kappa shape index (κ1) is 10.0. The number of amides is 1. The number of aromatic nitrogens is 1. The summed E-state index contributed by atoms with van der Waals surface area (Å²) in [7, 11) is 0. The highest BCUT2D eigenvalue weighted by atomic mass is 35.5. The highest BCUT2D eigenvalue weighted by Crippen LogP contribution is 2.31. The Morgan fingerprint density at radius 1 is 1.67 bits per heavy atom. The molecule has 2 heterocycles. The van der Waals surface area contributed by atoms with Gasteiger partial charge < -0.3 is 16.4 Å². The number of pyridine rings is 1. The smallest absolute Gasteiger partial charge is 0.240 e. The molecule has 0 radical (unpaired) electrons. The first-order valence-electron chi connectivity index (χ1n) is 4.56. The highest BCUT2D eigenvalue weighted by Gasteiger charge is 2.34. The van der Waals surface area contributed by atoms with Gasteiger partial charge in [0.25, 0.3) is 0 Å². The predicted molar refractivity (Wildman–Crippen MR) is 58.6 cm³/mol. The van der Waals surface area contributed by atoms with Crippen molar-refractivity contribution in [3.8, 4) is 0 Å². The molecule has 5 nitrogen and oxygen atoms in total. The van der Waals surface area contributed by atoms with Gasteiger partial charge in [-0.1, -0.05) is 11.6 Å². The van der Waals surface area contributed by atoms with E-state index in [0.717, 1.165) is 13.0 Å². The molecule has 4 N–H and O–H groups in total. The zero-order chi connectivity index (χ0) is 11.0. The maximum absolute atomic E-state index is 11.0. The number of nitrogens with zero attached hydrogens (tertiary/aromatic N) is 2. The quantitative estimate of drug-likeness (QED) is 0.764. The monoisotopic (exact) mass is 226 g/mol. The Labute approximate surface area is 92.0 Å². The maximum Gasteiger partial charge on any atom is 0.240 e. The van der Waals surface area contributed by atoms with Crippen molar-refractivity contribution in [2.24, 2.45) is 5.73 Å². The van der Waals surface area contributed by atoms with Gasteiger partial charge in [-0.15, -0.1) is 0 Å². The van der Waals surface area contributed by atoms with E-state index in [1.807, 2.05) is 0 Å². The molecule has 15 heavy (non-hydrogen) atoms. The van der Waals surface area contributed by atoms with Crippen LogP contribution in [0.2, 0.25) is 5.02 Å². The summed E-state index contributed by atoms with van der Waals surface area (Å²) >= 11 is 5.97. The zero-order valence-electron chi connectivity index (χ0n) is 7.98. The lowest BCUT2D eigenvalue weighted by Gasteiger charge is -2.40. The molecular weight excluding hydrogens is 216 g/mol. The number of carbonyl (C=O) groups is 1. The summed E-state index contributed by atoms with van der Waals surface area (Å²) in [4.78, 5) is 16.9. The molecule has 1 aliphatic heterocycles. The van der Waals surface area contributed by atoms with Gasteiger partial charge in [-0.2, -0.15) is 0 Å². The van der Waals surface area contributed by atoms with Crippen molar-refractivity contribution in [2.45, 2.75) is 12.5 Å². The molecule has 80 valence electrons. The van der Waals surface area contributed by atoms with Crippen LogP contribution in [0, 0.1) is 0 Å². The van der Waals surface area contributed by atoms with Gasteiger partial charge in [0.05, 0.1) is 16.9 Å². The van der Waals surface area contributed by atoms with Crippen LogP contribution in [-0.2, 0) is 4.79 Å². The molecule has 1 unspecified atom stereocenters. The molecule has 1 aliphatic rings. The van der Waals surface area contributed by atoms with Crippen molar-refractivity contribution in [3.63, 3.8) is 0 Å². The Bertz CT molecular complexity index is 409. The molecular formula is C9H11ClN4O. The largest absolute Gasteiger partial charge is 0.397 e. The van der Waals surface area contributed by atoms with E-state index in [1.54, 1.807) is 11.0 Å². The van der Waals surface area contributed by atoms with Gasteiger partial charge in [0, 0.05) is 6.54 Å². The number of hydrogen-bond acceptors (Lipinski definition) is 4. The lowest BCUT2D eigenvalue weighted by atomic mass is 10.0. The van der Waals surface area contributed by atoms with Crippen LogP contribution in [0.4, 0.5) is 11.5 Å². The Hall–Kier alpha value is -1.49. The molecule has 1 aromatic heterocycles. The molecule has 0 saturated carbocycles. The van der Waals surface area contributed by atoms with E-state index in [1.165, 1.54) is 6.20 Å². The van der Waals surface area contributed by atoms with Gasteiger partial charge in [-0.25, -0.2) is 4.98 Å². The molecule has 1 fully saturated rings. The SMILES string of the molecule is NC(=O)C1CCN1c1ncc(N)cc1Cl. The third kappa shape index (κ3) is 1.70. The molecule has 1 atom stereocenters. The van der Waals surface area contributed by atoms with E-state index < -0.39 is 0 Å². The number of primary amides is 1. The second-order valence-electron chi connectivity index (χ2n) is 3.47. The van der Waals surface area contributed by atoms with Crippen molar-refractivity contribution in [3.05, 3.63) is 17.3 Å². The van der Waals surface area contributed by atoms with E-state index in [4.69, 9.17) is 23.1 Å². The summed E-state index contributed by atoms with van der Waals surface area (Å²) in [6, 6.07) is 1.32. The number of carbonyl (C=O) groups excluding carboxylic acids is 1. The van der Waals surface area contributed by atoms with Gasteiger partial charge in [0.2, 0.25) is 5.91 Å². The highest BCUT2D eigenvalue weighted by molar-refractivity contribution is 6.33. The van der Waals surface area contributed by atoms with Crippen LogP contribution in [0.5, 0.6) is 0 Å². The van der Waals surface area contributed by atoms with Crippen LogP contribution >= 0.6 is 11.6 Å². The minimum absolute atomic E-state index is 0.293. The molecule has 6 heteroatoms. The van der Waals surface area contributed by atoms with E-state index in [9.17, 15) is 4.79 Å². The van der Waals surface area contributed by atoms with E-state index in [0.29, 0.717) is 16.5 Å². The first-order valence-corrected chi connectivity index (χ1v) is 4.94. The summed E-state index contributed by atoms with van der Waals surface area (Å²) in [5.41, 5.74) is 11.3. The van der Waals surface area contributed by atoms with Crippen molar-refractivity contribution in [2.75, 3.05) is 17.2 Å². The topological polar surface area (TPSA) is 85.2 Å². The second-order valence-corrected chi connectivity index (χ2v) is 3.88. The molecule has 0 aromatic carbocycles. The van der Waals surface area contributed by atoms with Crippen molar-refractivity contribution in [1.29, 1.82) is 0 Å². The summed E-state index contributed by atoms with van der Waals surface area (Å²) in [6.07, 6.45) is 2.26. The molecule has 1 aromatic rings. The second kappa shape index (κ2) is 3.58. The normalized spacial score (nSPS) is 19.8. The summed E-state index contributed by atoms with van der Waals surface area (Å²) in [6.45, 7) is 0.740. The van der Waals surface area contributed by atoms with Gasteiger partial charge in [0.15, 0.2) is 0 Å². The summed E-state index contributed by atoms with van der Waals surface area (Å²) in [5.74, 6) is 0.219. The van der Waals surface area contributed by atoms with Crippen molar-refractivity contribution < 1.29 is 4.79 Å². The third-order valence-corrected chi connectivity index (χ3v) is 2.74. The fourth-order valence-electron chi connectivity index (χ4n) is 1.59. The Morgan fingerprint density at radius 2 is 2.40 bits per heavy atom. The fourth-order valence-corrected chi connectivity index (χ4v) is 1.88. The fraction of sp³-hybridized carbons (Fsp3) is 0.333. The summed E-state index contributed by atoms with van der Waals surface area (Å²) in [5, 5.41) is 0.445. The van der Waals surface area contributed by atoms with Crippen LogP contribution < -0.4 is 16.4 Å². The van der Waals surface area contributed by atoms with E-state index in [-0.39, 0.29) is 11.9 Å². The predicted octanol–water partition coefficient (Wildman–Crippen LogP) is 0.381. The third-order valence-electron chi connectivity index (χ3n) is 2.46. The first-order chi connectivity index (χ1) is 7.09. The van der Waals surface area contributed by atoms with E-state index >= 15 is 0 Å². The van der Waals surface area contributed by atoms with Crippen molar-refractivity contribution >= 4 is 29.0 Å². The minimum atomic E-state index is -0.351. The Balaban J connectivity index is 2.27. The van der Waals surface area contributed by atoms with Crippen LogP contribution in [0.25, 0.3) is 0 Å². The number of hydrogen-bond donors (Lipinski definition) is 2. The lowest BCUT2D eigenvalue weighted by Crippen LogP contribution is -2.55. The maximum atomic E-state index is 11.0. The van der Waals surface area contributed by atoms with Crippen LogP contribution in [0.3, 0.4) is 0 Å². The van der Waals surface area contributed by atoms with Crippen LogP contribution in [0.1, 0.15) is 6.42 Å². The number of nitrogens with two attached hydrogens (primary N) is 2. The molecule has 0 spiro atoms. The van der Waals surface area contributed by atoms with Crippen LogP contribution in [-0.4, -0.2) is 23.5 Å². The Morgan fingerprint density at radius 3 is 2.87 bits per heavy atom. The lowest BCUT2D eigenvalue weighted by molar-refractivity contribution is -0.120. The number of rotatable bonds is 2. The van der Waals surface area contributed by atoms with Gasteiger partial charge in [-0.05, 0) is 12.5 Å². The molecule has 0 bridgehead atoms. The minimum Gasteiger partial charge on any atom is -0.397 e. The summed E-state index contributed by atoms with van der Waals surface area (Å²) < 4.78 is 0. The number of nitrogen functional groups attached to an aromatic ring is 1. The average molecular weight is 227 g/mol. The van der Waals surface area contributed by atoms with Crippen LogP contribution in [0.15, 0.2) is 12.3 Å². The van der Waals surface area contributed by atoms with Gasteiger partial charge in [-0.3, -0.25) is 4.79 Å². The molecule has 1 amide bonds. The zero-order valence-corrected chi connectivity index (χ0v) is 8.74. The molecule has 0 aliphatic carbocycles. The Kier molecular flexibility index (Phi) is 2.40. The number of anilines is 2. The standard InChI is InChI=1S/C9H11ClN4O/c10-6-3-5(11)4-13-9(6)14-2-1-7(14)8(12)15/h3-4,7H,1-2,11H2,(H2,12,15). The molecule has 1 saturated heterocycles. The van der Waals surface area contributed by atoms with Gasteiger partial charge >= 0.3 is 0 Å². The van der Waals surface area contributed by atoms with E-state index in [2.05, 4.69) is 4.98 Å². The average Bonchev–Trinajstić information content (AvgIpc) is 2.06. The van der Waals surface area contributed by atoms with Gasteiger partial charge in [0.1, 0.15) is 11.9 Å². The number of halogens is 1. The molecule has 2 rings (SSSR count).